The number of amides is 2. The van der Waals surface area contributed by atoms with Crippen LogP contribution in [0.25, 0.3) is 5.69 Å². The topological polar surface area (TPSA) is 80.4 Å². The lowest BCUT2D eigenvalue weighted by Crippen LogP contribution is -2.26. The van der Waals surface area contributed by atoms with E-state index in [1.54, 1.807) is 31.5 Å². The lowest BCUT2D eigenvalue weighted by molar-refractivity contribution is -0.114. The van der Waals surface area contributed by atoms with E-state index in [1.807, 2.05) is 30.3 Å². The number of furan rings is 1. The van der Waals surface area contributed by atoms with Gasteiger partial charge in [-0.25, -0.2) is 4.68 Å². The summed E-state index contributed by atoms with van der Waals surface area (Å²) < 4.78 is 6.80. The van der Waals surface area contributed by atoms with Gasteiger partial charge in [0.2, 0.25) is 5.91 Å². The standard InChI is InChI=1S/C18H18N4O3/c1-13(23)19-17-11-16(20-22(17)14-7-4-3-5-8-14)18(24)21(2)12-15-9-6-10-25-15/h3-11H,12H2,1-2H3,(H,19,23). The maximum absolute atomic E-state index is 12.6. The molecule has 3 rings (SSSR count). The number of nitrogens with one attached hydrogen (secondary N) is 1. The molecule has 2 amide bonds. The van der Waals surface area contributed by atoms with Crippen LogP contribution in [0.4, 0.5) is 5.82 Å². The summed E-state index contributed by atoms with van der Waals surface area (Å²) in [4.78, 5) is 25.6. The molecule has 0 aliphatic heterocycles. The average Bonchev–Trinajstić information content (AvgIpc) is 3.24. The minimum absolute atomic E-state index is 0.236. The molecule has 2 heterocycles. The molecule has 1 N–H and O–H groups in total. The highest BCUT2D eigenvalue weighted by Crippen LogP contribution is 2.19. The third kappa shape index (κ3) is 3.77. The Labute approximate surface area is 144 Å². The molecule has 0 saturated heterocycles. The zero-order valence-corrected chi connectivity index (χ0v) is 14.0. The van der Waals surface area contributed by atoms with Crippen LogP contribution in [0.2, 0.25) is 0 Å². The summed E-state index contributed by atoms with van der Waals surface area (Å²) in [5.41, 5.74) is 0.987. The third-order valence-electron chi connectivity index (χ3n) is 3.55. The summed E-state index contributed by atoms with van der Waals surface area (Å²) in [7, 11) is 1.67. The number of para-hydroxylation sites is 1. The summed E-state index contributed by atoms with van der Waals surface area (Å²) in [6.45, 7) is 1.74. The molecule has 2 aromatic heterocycles. The van der Waals surface area contributed by atoms with Gasteiger partial charge in [0.15, 0.2) is 5.69 Å². The van der Waals surface area contributed by atoms with Crippen LogP contribution in [-0.4, -0.2) is 33.5 Å². The zero-order valence-electron chi connectivity index (χ0n) is 14.0. The van der Waals surface area contributed by atoms with E-state index in [4.69, 9.17) is 4.42 Å². The number of carbonyl (C=O) groups is 2. The molecular weight excluding hydrogens is 320 g/mol. The fraction of sp³-hybridized carbons (Fsp3) is 0.167. The summed E-state index contributed by atoms with van der Waals surface area (Å²) in [6.07, 6.45) is 1.56. The molecule has 7 heteroatoms. The predicted molar refractivity (Wildman–Crippen MR) is 92.4 cm³/mol. The van der Waals surface area contributed by atoms with Crippen LogP contribution in [0.1, 0.15) is 23.2 Å². The van der Waals surface area contributed by atoms with Gasteiger partial charge in [-0.05, 0) is 24.3 Å². The molecule has 1 aromatic carbocycles. The van der Waals surface area contributed by atoms with E-state index >= 15 is 0 Å². The van der Waals surface area contributed by atoms with Gasteiger partial charge in [0, 0.05) is 20.0 Å². The smallest absolute Gasteiger partial charge is 0.274 e. The van der Waals surface area contributed by atoms with E-state index in [-0.39, 0.29) is 17.5 Å². The predicted octanol–water partition coefficient (Wildman–Crippen LogP) is 2.70. The molecule has 0 unspecified atom stereocenters. The van der Waals surface area contributed by atoms with E-state index in [9.17, 15) is 9.59 Å². The molecule has 0 aliphatic rings. The number of nitrogens with zero attached hydrogens (tertiary/aromatic N) is 3. The van der Waals surface area contributed by atoms with Crippen molar-refractivity contribution in [2.45, 2.75) is 13.5 Å². The number of carbonyl (C=O) groups excluding carboxylic acids is 2. The molecule has 7 nitrogen and oxygen atoms in total. The van der Waals surface area contributed by atoms with Crippen LogP contribution in [0, 0.1) is 0 Å². The lowest BCUT2D eigenvalue weighted by Gasteiger charge is -2.13. The van der Waals surface area contributed by atoms with Crippen molar-refractivity contribution in [3.63, 3.8) is 0 Å². The first-order valence-electron chi connectivity index (χ1n) is 7.75. The normalized spacial score (nSPS) is 10.5. The molecule has 0 aliphatic carbocycles. The van der Waals surface area contributed by atoms with E-state index in [2.05, 4.69) is 10.4 Å². The second kappa shape index (κ2) is 7.04. The Kier molecular flexibility index (Phi) is 4.65. The number of rotatable bonds is 5. The maximum Gasteiger partial charge on any atom is 0.274 e. The van der Waals surface area contributed by atoms with Crippen molar-refractivity contribution >= 4 is 17.6 Å². The van der Waals surface area contributed by atoms with Crippen LogP contribution in [-0.2, 0) is 11.3 Å². The van der Waals surface area contributed by atoms with Gasteiger partial charge < -0.3 is 14.6 Å². The van der Waals surface area contributed by atoms with Crippen LogP contribution in [0.5, 0.6) is 0 Å². The Balaban J connectivity index is 1.89. The van der Waals surface area contributed by atoms with Crippen molar-refractivity contribution in [2.75, 3.05) is 12.4 Å². The Hall–Kier alpha value is -3.35. The van der Waals surface area contributed by atoms with Gasteiger partial charge in [-0.2, -0.15) is 5.10 Å². The minimum Gasteiger partial charge on any atom is -0.467 e. The average molecular weight is 338 g/mol. The van der Waals surface area contributed by atoms with Crippen LogP contribution in [0.15, 0.2) is 59.2 Å². The Morgan fingerprint density at radius 2 is 1.96 bits per heavy atom. The van der Waals surface area contributed by atoms with Crippen LogP contribution >= 0.6 is 0 Å². The highest BCUT2D eigenvalue weighted by atomic mass is 16.3. The van der Waals surface area contributed by atoms with Gasteiger partial charge in [0.25, 0.3) is 5.91 Å². The Morgan fingerprint density at radius 1 is 1.20 bits per heavy atom. The number of hydrogen-bond acceptors (Lipinski definition) is 4. The fourth-order valence-corrected chi connectivity index (χ4v) is 2.42. The lowest BCUT2D eigenvalue weighted by atomic mass is 10.3. The SMILES string of the molecule is CC(=O)Nc1cc(C(=O)N(C)Cc2ccco2)nn1-c1ccccc1. The number of aromatic nitrogens is 2. The van der Waals surface area contributed by atoms with Gasteiger partial charge in [0.1, 0.15) is 11.6 Å². The molecule has 0 radical (unpaired) electrons. The molecule has 3 aromatic rings. The van der Waals surface area contributed by atoms with Crippen molar-refractivity contribution in [3.05, 3.63) is 66.2 Å². The van der Waals surface area contributed by atoms with Gasteiger partial charge in [-0.15, -0.1) is 0 Å². The van der Waals surface area contributed by atoms with Crippen molar-refractivity contribution in [1.82, 2.24) is 14.7 Å². The molecule has 25 heavy (non-hydrogen) atoms. The van der Waals surface area contributed by atoms with Crippen molar-refractivity contribution in [2.24, 2.45) is 0 Å². The van der Waals surface area contributed by atoms with Gasteiger partial charge >= 0.3 is 0 Å². The first-order valence-corrected chi connectivity index (χ1v) is 7.75. The van der Waals surface area contributed by atoms with Gasteiger partial charge in [0.05, 0.1) is 18.5 Å². The molecule has 0 saturated carbocycles. The number of hydrogen-bond donors (Lipinski definition) is 1. The maximum atomic E-state index is 12.6. The number of benzene rings is 1. The summed E-state index contributed by atoms with van der Waals surface area (Å²) in [5.74, 6) is 0.617. The first-order chi connectivity index (χ1) is 12.0. The van der Waals surface area contributed by atoms with Gasteiger partial charge in [-0.3, -0.25) is 9.59 Å². The second-order valence-corrected chi connectivity index (χ2v) is 5.58. The summed E-state index contributed by atoms with van der Waals surface area (Å²) in [6, 6.07) is 14.4. The molecule has 0 atom stereocenters. The largest absolute Gasteiger partial charge is 0.467 e. The van der Waals surface area contributed by atoms with Crippen molar-refractivity contribution in [1.29, 1.82) is 0 Å². The van der Waals surface area contributed by atoms with Gasteiger partial charge in [-0.1, -0.05) is 18.2 Å². The van der Waals surface area contributed by atoms with E-state index in [0.717, 1.165) is 5.69 Å². The third-order valence-corrected chi connectivity index (χ3v) is 3.55. The number of anilines is 1. The molecule has 0 spiro atoms. The van der Waals surface area contributed by atoms with E-state index < -0.39 is 0 Å². The Morgan fingerprint density at radius 3 is 2.60 bits per heavy atom. The highest BCUT2D eigenvalue weighted by molar-refractivity contribution is 5.95. The Bertz CT molecular complexity index is 869. The van der Waals surface area contributed by atoms with E-state index in [1.165, 1.54) is 16.5 Å². The summed E-state index contributed by atoms with van der Waals surface area (Å²) in [5, 5.41) is 7.07. The molecule has 0 fully saturated rings. The zero-order chi connectivity index (χ0) is 17.8. The van der Waals surface area contributed by atoms with Crippen molar-refractivity contribution in [3.8, 4) is 5.69 Å². The monoisotopic (exact) mass is 338 g/mol. The second-order valence-electron chi connectivity index (χ2n) is 5.58. The van der Waals surface area contributed by atoms with Crippen molar-refractivity contribution < 1.29 is 14.0 Å². The molecular formula is C18H18N4O3. The first kappa shape index (κ1) is 16.5. The highest BCUT2D eigenvalue weighted by Gasteiger charge is 2.20. The van der Waals surface area contributed by atoms with Crippen LogP contribution < -0.4 is 5.32 Å². The molecule has 0 bridgehead atoms. The molecule has 128 valence electrons. The quantitative estimate of drug-likeness (QED) is 0.775. The summed E-state index contributed by atoms with van der Waals surface area (Å²) >= 11 is 0. The fourth-order valence-electron chi connectivity index (χ4n) is 2.42. The van der Waals surface area contributed by atoms with E-state index in [0.29, 0.717) is 18.1 Å². The van der Waals surface area contributed by atoms with Crippen LogP contribution in [0.3, 0.4) is 0 Å². The minimum atomic E-state index is -0.266.